The van der Waals surface area contributed by atoms with Gasteiger partial charge >= 0.3 is 0 Å². The van der Waals surface area contributed by atoms with Gasteiger partial charge in [0.15, 0.2) is 0 Å². The third-order valence-corrected chi connectivity index (χ3v) is 9.71. The Bertz CT molecular complexity index is 715. The van der Waals surface area contributed by atoms with E-state index in [0.29, 0.717) is 24.7 Å². The number of likely N-dealkylation sites (tertiary alicyclic amines) is 1. The van der Waals surface area contributed by atoms with Crippen LogP contribution in [-0.2, 0) is 4.79 Å². The van der Waals surface area contributed by atoms with Crippen molar-refractivity contribution in [3.8, 4) is 0 Å². The van der Waals surface area contributed by atoms with Crippen LogP contribution >= 0.6 is 0 Å². The highest BCUT2D eigenvalue weighted by Gasteiger charge is 2.48. The predicted molar refractivity (Wildman–Crippen MR) is 139 cm³/mol. The van der Waals surface area contributed by atoms with E-state index in [1.165, 1.54) is 38.5 Å². The molecule has 3 heterocycles. The largest absolute Gasteiger partial charge is 0.369 e. The molecule has 3 aliphatic heterocycles. The number of carbonyl (C=O) groups excluding carboxylic acids is 1. The summed E-state index contributed by atoms with van der Waals surface area (Å²) in [6.45, 7) is 8.22. The molecule has 0 aromatic heterocycles. The minimum Gasteiger partial charge on any atom is -0.369 e. The number of hydrogen-bond donors (Lipinski definition) is 6. The quantitative estimate of drug-likeness (QED) is 0.318. The van der Waals surface area contributed by atoms with Crippen LogP contribution in [0.2, 0.25) is 0 Å². The second kappa shape index (κ2) is 11.3. The second-order valence-corrected chi connectivity index (χ2v) is 12.4. The lowest BCUT2D eigenvalue weighted by atomic mass is 9.65. The molecule has 8 N–H and O–H groups in total. The van der Waals surface area contributed by atoms with Crippen LogP contribution in [0.15, 0.2) is 0 Å². The first-order valence-electron chi connectivity index (χ1n) is 14.5. The molecule has 0 bridgehead atoms. The number of hydrazine groups is 1. The number of fused-ring (bicyclic) bond motifs is 1. The summed E-state index contributed by atoms with van der Waals surface area (Å²) in [4.78, 5) is 14.8. The summed E-state index contributed by atoms with van der Waals surface area (Å²) in [7, 11) is 0. The van der Waals surface area contributed by atoms with Gasteiger partial charge in [-0.15, -0.1) is 0 Å². The molecule has 200 valence electrons. The van der Waals surface area contributed by atoms with Gasteiger partial charge in [0.05, 0.1) is 12.1 Å². The van der Waals surface area contributed by atoms with Gasteiger partial charge in [-0.2, -0.15) is 0 Å². The van der Waals surface area contributed by atoms with Crippen LogP contribution in [-0.4, -0.2) is 78.6 Å². The fraction of sp³-hybridized carbons (Fsp3) is 0.962. The van der Waals surface area contributed by atoms with Crippen molar-refractivity contribution < 1.29 is 4.79 Å². The Hall–Kier alpha value is -0.810. The van der Waals surface area contributed by atoms with Gasteiger partial charge in [-0.1, -0.05) is 32.1 Å². The Balaban J connectivity index is 1.31. The molecule has 2 saturated carbocycles. The summed E-state index contributed by atoms with van der Waals surface area (Å²) in [5.41, 5.74) is 15.9. The lowest BCUT2D eigenvalue weighted by Crippen LogP contribution is -2.72. The molecule has 1 amide bonds. The topological polar surface area (TPSA) is 124 Å². The highest BCUT2D eigenvalue weighted by Crippen LogP contribution is 2.45. The Morgan fingerprint density at radius 2 is 1.83 bits per heavy atom. The summed E-state index contributed by atoms with van der Waals surface area (Å²) in [6.07, 6.45) is 11.4. The molecule has 9 nitrogen and oxygen atoms in total. The lowest BCUT2D eigenvalue weighted by molar-refractivity contribution is -0.124. The number of rotatable bonds is 6. The number of amides is 1. The zero-order chi connectivity index (χ0) is 24.5. The van der Waals surface area contributed by atoms with E-state index in [-0.39, 0.29) is 30.3 Å². The van der Waals surface area contributed by atoms with E-state index in [2.05, 4.69) is 45.1 Å². The van der Waals surface area contributed by atoms with Gasteiger partial charge in [0, 0.05) is 50.3 Å². The van der Waals surface area contributed by atoms with E-state index in [9.17, 15) is 4.79 Å². The maximum atomic E-state index is 12.4. The van der Waals surface area contributed by atoms with Gasteiger partial charge in [0.2, 0.25) is 5.91 Å². The summed E-state index contributed by atoms with van der Waals surface area (Å²) in [6, 6.07) is 1.64. The highest BCUT2D eigenvalue weighted by atomic mass is 16.1. The maximum Gasteiger partial charge on any atom is 0.224 e. The van der Waals surface area contributed by atoms with Gasteiger partial charge in [0.1, 0.15) is 6.29 Å². The summed E-state index contributed by atoms with van der Waals surface area (Å²) in [5.74, 6) is 1.81. The van der Waals surface area contributed by atoms with Gasteiger partial charge in [-0.05, 0) is 57.3 Å². The molecule has 35 heavy (non-hydrogen) atoms. The van der Waals surface area contributed by atoms with Crippen molar-refractivity contribution in [3.05, 3.63) is 0 Å². The van der Waals surface area contributed by atoms with Crippen molar-refractivity contribution in [1.82, 2.24) is 31.3 Å². The molecule has 5 aliphatic rings. The van der Waals surface area contributed by atoms with Crippen molar-refractivity contribution in [2.75, 3.05) is 26.2 Å². The normalized spacial score (nSPS) is 42.3. The number of hydrogen-bond acceptors (Lipinski definition) is 8. The number of primary amides is 1. The molecular weight excluding hydrogens is 440 g/mol. The lowest BCUT2D eigenvalue weighted by Gasteiger charge is -2.48. The van der Waals surface area contributed by atoms with Gasteiger partial charge < -0.3 is 11.5 Å². The van der Waals surface area contributed by atoms with Crippen LogP contribution in [0.3, 0.4) is 0 Å². The van der Waals surface area contributed by atoms with Gasteiger partial charge in [0.25, 0.3) is 0 Å². The first-order chi connectivity index (χ1) is 16.9. The minimum absolute atomic E-state index is 0.0280. The Morgan fingerprint density at radius 1 is 1.03 bits per heavy atom. The molecule has 3 saturated heterocycles. The standard InChI is InChI=1S/C26H50N8O/c1-16(2)34-23-12-19(11-20(21(23)14-30-34)17-7-4-3-5-8-17)31-25-22(24(28)35)13-29-26(32-25)33-10-6-9-18(27)15-33/h16-23,25-26,29-32H,3-15,27H2,1-2H3,(H2,28,35)/t18-,19?,20?,21?,22?,23?,25?,26?/m0/s1. The van der Waals surface area contributed by atoms with Crippen LogP contribution in [0.25, 0.3) is 0 Å². The number of nitrogens with two attached hydrogens (primary N) is 2. The molecule has 0 spiro atoms. The van der Waals surface area contributed by atoms with E-state index in [1.807, 2.05) is 0 Å². The number of piperidine rings is 1. The number of nitrogens with one attached hydrogen (secondary N) is 4. The molecule has 0 aromatic rings. The summed E-state index contributed by atoms with van der Waals surface area (Å²) in [5, 5.41) is 13.7. The molecule has 2 aliphatic carbocycles. The van der Waals surface area contributed by atoms with E-state index in [1.54, 1.807) is 0 Å². The van der Waals surface area contributed by atoms with E-state index in [4.69, 9.17) is 11.5 Å². The van der Waals surface area contributed by atoms with Crippen molar-refractivity contribution in [2.24, 2.45) is 35.1 Å². The zero-order valence-electron chi connectivity index (χ0n) is 21.9. The first kappa shape index (κ1) is 25.8. The monoisotopic (exact) mass is 490 g/mol. The number of nitrogens with zero attached hydrogens (tertiary/aromatic N) is 2. The Morgan fingerprint density at radius 3 is 2.54 bits per heavy atom. The molecule has 8 atom stereocenters. The molecule has 9 heteroatoms. The maximum absolute atomic E-state index is 12.4. The smallest absolute Gasteiger partial charge is 0.224 e. The molecule has 7 unspecified atom stereocenters. The number of carbonyl (C=O) groups is 1. The predicted octanol–water partition coefficient (Wildman–Crippen LogP) is 0.475. The molecular formula is C26H50N8O. The van der Waals surface area contributed by atoms with Crippen molar-refractivity contribution in [3.63, 3.8) is 0 Å². The first-order valence-corrected chi connectivity index (χ1v) is 14.5. The second-order valence-electron chi connectivity index (χ2n) is 12.4. The average Bonchev–Trinajstić information content (AvgIpc) is 3.28. The van der Waals surface area contributed by atoms with E-state index < -0.39 is 0 Å². The Kier molecular flexibility index (Phi) is 8.33. The SMILES string of the molecule is CC(C)N1NCC2C(C3CCCCC3)CC(NC3NC(N4CCC[C@H](N)C4)NCC3C(N)=O)CC21. The zero-order valence-corrected chi connectivity index (χ0v) is 21.9. The van der Waals surface area contributed by atoms with Crippen LogP contribution in [0.5, 0.6) is 0 Å². The van der Waals surface area contributed by atoms with Gasteiger partial charge in [-0.25, -0.2) is 5.01 Å². The third kappa shape index (κ3) is 5.71. The fourth-order valence-corrected chi connectivity index (χ4v) is 7.99. The highest BCUT2D eigenvalue weighted by molar-refractivity contribution is 5.77. The van der Waals surface area contributed by atoms with Crippen molar-refractivity contribution >= 4 is 5.91 Å². The summed E-state index contributed by atoms with van der Waals surface area (Å²) < 4.78 is 0. The molecule has 0 radical (unpaired) electrons. The minimum atomic E-state index is -0.265. The van der Waals surface area contributed by atoms with E-state index in [0.717, 1.165) is 56.7 Å². The van der Waals surface area contributed by atoms with Crippen LogP contribution in [0.1, 0.15) is 71.6 Å². The molecule has 5 fully saturated rings. The van der Waals surface area contributed by atoms with Crippen molar-refractivity contribution in [2.45, 2.75) is 108 Å². The van der Waals surface area contributed by atoms with Gasteiger partial charge in [-0.3, -0.25) is 31.1 Å². The van der Waals surface area contributed by atoms with Crippen LogP contribution < -0.4 is 32.8 Å². The third-order valence-electron chi connectivity index (χ3n) is 9.71. The van der Waals surface area contributed by atoms with E-state index >= 15 is 0 Å². The van der Waals surface area contributed by atoms with Crippen LogP contribution in [0, 0.1) is 23.7 Å². The average molecular weight is 491 g/mol. The van der Waals surface area contributed by atoms with Crippen molar-refractivity contribution in [1.29, 1.82) is 0 Å². The fourth-order valence-electron chi connectivity index (χ4n) is 7.99. The van der Waals surface area contributed by atoms with Crippen LogP contribution in [0.4, 0.5) is 0 Å². The molecule has 5 rings (SSSR count). The summed E-state index contributed by atoms with van der Waals surface area (Å²) >= 11 is 0. The Labute approximate surface area is 211 Å². The molecule has 0 aromatic carbocycles.